The van der Waals surface area contributed by atoms with Gasteiger partial charge in [0.15, 0.2) is 5.82 Å². The molecule has 2 aliphatic rings. The molecule has 11 nitrogen and oxygen atoms in total. The first kappa shape index (κ1) is 35.9. The maximum absolute atomic E-state index is 12.9. The molecule has 0 bridgehead atoms. The van der Waals surface area contributed by atoms with E-state index in [0.717, 1.165) is 46.6 Å². The van der Waals surface area contributed by atoms with Crippen LogP contribution in [-0.2, 0) is 31.0 Å². The molecule has 0 aliphatic heterocycles. The number of sulfonamides is 1. The van der Waals surface area contributed by atoms with E-state index in [9.17, 15) is 27.9 Å². The predicted octanol–water partition coefficient (Wildman–Crippen LogP) is 5.05. The number of aliphatic carboxylic acids is 1. The van der Waals surface area contributed by atoms with E-state index >= 15 is 0 Å². The van der Waals surface area contributed by atoms with Gasteiger partial charge >= 0.3 is 5.97 Å². The largest absolute Gasteiger partial charge is 0.480 e. The van der Waals surface area contributed by atoms with E-state index < -0.39 is 47.4 Å². The number of hydrogen-bond acceptors (Lipinski definition) is 7. The second-order valence-electron chi connectivity index (χ2n) is 13.0. The molecule has 0 saturated heterocycles. The molecule has 1 saturated carbocycles. The van der Waals surface area contributed by atoms with Crippen LogP contribution in [0.2, 0.25) is 0 Å². The van der Waals surface area contributed by atoms with Crippen molar-refractivity contribution < 1.29 is 27.9 Å². The monoisotopic (exact) mass is 687 g/mol. The third-order valence-electron chi connectivity index (χ3n) is 9.79. The van der Waals surface area contributed by atoms with Crippen molar-refractivity contribution in [3.8, 4) is 11.4 Å². The lowest BCUT2D eigenvalue weighted by molar-refractivity contribution is -0.144. The van der Waals surface area contributed by atoms with Crippen LogP contribution in [0.25, 0.3) is 17.0 Å². The van der Waals surface area contributed by atoms with Crippen molar-refractivity contribution in [2.45, 2.75) is 69.7 Å². The first-order valence-electron chi connectivity index (χ1n) is 17.0. The van der Waals surface area contributed by atoms with Gasteiger partial charge in [0.2, 0.25) is 21.8 Å². The molecule has 1 unspecified atom stereocenters. The standard InChI is InChI=1S/C37H45N5O6S/c1-2-26-8-12-28(13-9-26)29-16-18-30(19-17-29)32-20-39-37(40-21-32)31-14-10-27(11-15-31)24-42(25-36(45)46)35(44)23-38-34(43)22-41-49(47,48)33-6-4-3-5-7-33/h3-7,10-11,14-15,18,20-21,26,28-29,41H,2,8-9,12-13,16-17,19,22-25H2,1H3,(H,38,43)(H,45,46)/t26-,28-,29?. The van der Waals surface area contributed by atoms with Gasteiger partial charge in [-0.15, -0.1) is 0 Å². The topological polar surface area (TPSA) is 159 Å². The molecular formula is C37H45N5O6S. The van der Waals surface area contributed by atoms with Gasteiger partial charge < -0.3 is 15.3 Å². The van der Waals surface area contributed by atoms with Gasteiger partial charge in [0.1, 0.15) is 6.54 Å². The van der Waals surface area contributed by atoms with Crippen LogP contribution < -0.4 is 10.0 Å². The second kappa shape index (κ2) is 16.8. The number of aromatic nitrogens is 2. The van der Waals surface area contributed by atoms with Crippen molar-refractivity contribution in [1.82, 2.24) is 24.9 Å². The number of carbonyl (C=O) groups excluding carboxylic acids is 2. The molecule has 260 valence electrons. The first-order chi connectivity index (χ1) is 23.6. The van der Waals surface area contributed by atoms with Gasteiger partial charge in [0.25, 0.3) is 0 Å². The Morgan fingerprint density at radius 1 is 0.878 bits per heavy atom. The highest BCUT2D eigenvalue weighted by atomic mass is 32.2. The number of nitrogens with zero attached hydrogens (tertiary/aromatic N) is 3. The first-order valence-corrected chi connectivity index (χ1v) is 18.5. The highest BCUT2D eigenvalue weighted by Crippen LogP contribution is 2.41. The maximum atomic E-state index is 12.9. The Morgan fingerprint density at radius 2 is 1.57 bits per heavy atom. The number of nitrogens with one attached hydrogen (secondary N) is 2. The summed E-state index contributed by atoms with van der Waals surface area (Å²) in [6.07, 6.45) is 16.4. The summed E-state index contributed by atoms with van der Waals surface area (Å²) in [5, 5.41) is 11.7. The van der Waals surface area contributed by atoms with E-state index in [1.54, 1.807) is 30.3 Å². The Kier molecular flexibility index (Phi) is 12.3. The average molecular weight is 688 g/mol. The summed E-state index contributed by atoms with van der Waals surface area (Å²) >= 11 is 0. The van der Waals surface area contributed by atoms with Crippen LogP contribution >= 0.6 is 0 Å². The van der Waals surface area contributed by atoms with Crippen molar-refractivity contribution >= 4 is 33.4 Å². The number of benzene rings is 2. The molecule has 3 aromatic rings. The smallest absolute Gasteiger partial charge is 0.323 e. The highest BCUT2D eigenvalue weighted by molar-refractivity contribution is 7.89. The summed E-state index contributed by atoms with van der Waals surface area (Å²) in [5.41, 5.74) is 3.84. The molecule has 2 amide bonds. The number of rotatable bonds is 14. The molecule has 1 atom stereocenters. The lowest BCUT2D eigenvalue weighted by atomic mass is 9.71. The zero-order valence-corrected chi connectivity index (χ0v) is 28.7. The number of amides is 2. The summed E-state index contributed by atoms with van der Waals surface area (Å²) in [7, 11) is -3.90. The normalized spacial score (nSPS) is 19.4. The second-order valence-corrected chi connectivity index (χ2v) is 14.8. The van der Waals surface area contributed by atoms with Gasteiger partial charge in [-0.2, -0.15) is 0 Å². The van der Waals surface area contributed by atoms with E-state index in [1.807, 2.05) is 24.5 Å². The maximum Gasteiger partial charge on any atom is 0.323 e. The summed E-state index contributed by atoms with van der Waals surface area (Å²) < 4.78 is 26.8. The number of carbonyl (C=O) groups is 3. The van der Waals surface area contributed by atoms with E-state index in [1.165, 1.54) is 56.2 Å². The van der Waals surface area contributed by atoms with Crippen LogP contribution in [0.3, 0.4) is 0 Å². The van der Waals surface area contributed by atoms with E-state index in [2.05, 4.69) is 33.0 Å². The fraction of sp³-hybridized carbons (Fsp3) is 0.432. The fourth-order valence-electron chi connectivity index (χ4n) is 6.82. The molecule has 49 heavy (non-hydrogen) atoms. The van der Waals surface area contributed by atoms with Crippen LogP contribution in [0.15, 0.2) is 78.0 Å². The van der Waals surface area contributed by atoms with E-state index in [4.69, 9.17) is 0 Å². The van der Waals surface area contributed by atoms with Crippen LogP contribution in [0.5, 0.6) is 0 Å². The Hall–Kier alpha value is -4.42. The van der Waals surface area contributed by atoms with Gasteiger partial charge in [0, 0.05) is 30.1 Å². The van der Waals surface area contributed by atoms with Crippen molar-refractivity contribution in [1.29, 1.82) is 0 Å². The zero-order valence-electron chi connectivity index (χ0n) is 27.9. The minimum absolute atomic E-state index is 0.00307. The molecule has 1 aromatic heterocycles. The highest BCUT2D eigenvalue weighted by Gasteiger charge is 2.28. The van der Waals surface area contributed by atoms with Crippen LogP contribution in [-0.4, -0.2) is 65.8 Å². The number of carboxylic acids is 1. The van der Waals surface area contributed by atoms with Crippen molar-refractivity contribution in [3.05, 3.63) is 84.2 Å². The molecule has 12 heteroatoms. The summed E-state index contributed by atoms with van der Waals surface area (Å²) in [6, 6.07) is 14.8. The summed E-state index contributed by atoms with van der Waals surface area (Å²) in [6.45, 7) is 0.669. The molecule has 1 fully saturated rings. The quantitative estimate of drug-likeness (QED) is 0.212. The lowest BCUT2D eigenvalue weighted by Crippen LogP contribution is -2.44. The Morgan fingerprint density at radius 3 is 2.18 bits per heavy atom. The Bertz CT molecular complexity index is 1720. The van der Waals surface area contributed by atoms with Gasteiger partial charge in [-0.3, -0.25) is 14.4 Å². The molecule has 5 rings (SSSR count). The predicted molar refractivity (Wildman–Crippen MR) is 186 cm³/mol. The molecule has 1 heterocycles. The van der Waals surface area contributed by atoms with E-state index in [-0.39, 0.29) is 11.4 Å². The fourth-order valence-corrected chi connectivity index (χ4v) is 7.83. The minimum Gasteiger partial charge on any atom is -0.480 e. The van der Waals surface area contributed by atoms with Gasteiger partial charge in [-0.05, 0) is 73.1 Å². The molecule has 3 N–H and O–H groups in total. The number of carboxylic acid groups (broad SMARTS) is 1. The van der Waals surface area contributed by atoms with Crippen LogP contribution in [0.4, 0.5) is 0 Å². The number of hydrogen-bond donors (Lipinski definition) is 3. The molecular weight excluding hydrogens is 643 g/mol. The number of allylic oxidation sites excluding steroid dienone is 2. The molecule has 2 aromatic carbocycles. The third kappa shape index (κ3) is 10.1. The average Bonchev–Trinajstić information content (AvgIpc) is 3.13. The van der Waals surface area contributed by atoms with Gasteiger partial charge in [-0.1, -0.05) is 74.7 Å². The van der Waals surface area contributed by atoms with E-state index in [0.29, 0.717) is 11.4 Å². The zero-order chi connectivity index (χ0) is 34.8. The summed E-state index contributed by atoms with van der Waals surface area (Å²) in [4.78, 5) is 47.0. The molecule has 0 radical (unpaired) electrons. The Balaban J connectivity index is 1.12. The van der Waals surface area contributed by atoms with Crippen molar-refractivity contribution in [2.24, 2.45) is 17.8 Å². The SMILES string of the molecule is CC[C@H]1CC[C@H](C2CC=C(c3cnc(-c4ccc(CN(CC(=O)O)C(=O)CNC(=O)CNS(=O)(=O)c5ccccc5)cc4)nc3)CC2)CC1. The lowest BCUT2D eigenvalue weighted by Gasteiger charge is -2.35. The van der Waals surface area contributed by atoms with Crippen LogP contribution in [0.1, 0.15) is 69.4 Å². The Labute approximate surface area is 288 Å². The van der Waals surface area contributed by atoms with Gasteiger partial charge in [-0.25, -0.2) is 23.1 Å². The van der Waals surface area contributed by atoms with Crippen molar-refractivity contribution in [3.63, 3.8) is 0 Å². The minimum atomic E-state index is -3.90. The molecule has 0 spiro atoms. The van der Waals surface area contributed by atoms with Crippen LogP contribution in [0, 0.1) is 17.8 Å². The molecule has 2 aliphatic carbocycles. The van der Waals surface area contributed by atoms with Gasteiger partial charge in [0.05, 0.1) is 18.0 Å². The summed E-state index contributed by atoms with van der Waals surface area (Å²) in [5.74, 6) is 0.576. The van der Waals surface area contributed by atoms with Crippen molar-refractivity contribution in [2.75, 3.05) is 19.6 Å². The third-order valence-corrected chi connectivity index (χ3v) is 11.2.